The van der Waals surface area contributed by atoms with Gasteiger partial charge >= 0.3 is 0 Å². The van der Waals surface area contributed by atoms with Crippen molar-refractivity contribution < 1.29 is 4.79 Å². The SMILES string of the molecule is CC(C)NC(=S)NC(=O)CCc1ccccc1Cl. The summed E-state index contributed by atoms with van der Waals surface area (Å²) in [5.41, 5.74) is 0.969. The number of aryl methyl sites for hydroxylation is 1. The Morgan fingerprint density at radius 3 is 2.67 bits per heavy atom. The molecule has 0 heterocycles. The number of hydrogen-bond donors (Lipinski definition) is 2. The normalized spacial score (nSPS) is 10.2. The van der Waals surface area contributed by atoms with Gasteiger partial charge in [-0.1, -0.05) is 29.8 Å². The molecule has 5 heteroatoms. The smallest absolute Gasteiger partial charge is 0.226 e. The lowest BCUT2D eigenvalue weighted by Crippen LogP contribution is -2.42. The maximum atomic E-state index is 11.6. The van der Waals surface area contributed by atoms with Gasteiger partial charge in [0.25, 0.3) is 0 Å². The largest absolute Gasteiger partial charge is 0.360 e. The van der Waals surface area contributed by atoms with Gasteiger partial charge in [0.05, 0.1) is 0 Å². The van der Waals surface area contributed by atoms with E-state index in [2.05, 4.69) is 10.6 Å². The molecule has 0 saturated heterocycles. The number of carbonyl (C=O) groups is 1. The van der Waals surface area contributed by atoms with E-state index in [1.807, 2.05) is 38.1 Å². The highest BCUT2D eigenvalue weighted by atomic mass is 35.5. The molecule has 0 unspecified atom stereocenters. The van der Waals surface area contributed by atoms with Crippen LogP contribution in [-0.2, 0) is 11.2 Å². The van der Waals surface area contributed by atoms with Gasteiger partial charge in [0.2, 0.25) is 5.91 Å². The van der Waals surface area contributed by atoms with Crippen LogP contribution in [0.15, 0.2) is 24.3 Å². The van der Waals surface area contributed by atoms with Crippen molar-refractivity contribution in [2.24, 2.45) is 0 Å². The van der Waals surface area contributed by atoms with Crippen LogP contribution in [0.1, 0.15) is 25.8 Å². The number of amides is 1. The minimum Gasteiger partial charge on any atom is -0.360 e. The van der Waals surface area contributed by atoms with E-state index < -0.39 is 0 Å². The first kappa shape index (κ1) is 14.9. The first-order valence-electron chi connectivity index (χ1n) is 5.83. The highest BCUT2D eigenvalue weighted by Crippen LogP contribution is 2.16. The van der Waals surface area contributed by atoms with Gasteiger partial charge < -0.3 is 10.6 Å². The first-order chi connectivity index (χ1) is 8.49. The van der Waals surface area contributed by atoms with Crippen LogP contribution < -0.4 is 10.6 Å². The molecule has 0 bridgehead atoms. The molecule has 2 N–H and O–H groups in total. The van der Waals surface area contributed by atoms with Crippen LogP contribution in [0.25, 0.3) is 0 Å². The summed E-state index contributed by atoms with van der Waals surface area (Å²) in [6, 6.07) is 7.72. The summed E-state index contributed by atoms with van der Waals surface area (Å²) >= 11 is 11.0. The minimum atomic E-state index is -0.104. The lowest BCUT2D eigenvalue weighted by Gasteiger charge is -2.12. The summed E-state index contributed by atoms with van der Waals surface area (Å²) in [7, 11) is 0. The van der Waals surface area contributed by atoms with E-state index in [9.17, 15) is 4.79 Å². The zero-order chi connectivity index (χ0) is 13.5. The molecule has 1 aromatic carbocycles. The molecular weight excluding hydrogens is 268 g/mol. The molecule has 0 radical (unpaired) electrons. The van der Waals surface area contributed by atoms with Crippen molar-refractivity contribution in [2.45, 2.75) is 32.7 Å². The second kappa shape index (κ2) is 7.34. The Balaban J connectivity index is 2.38. The van der Waals surface area contributed by atoms with Crippen molar-refractivity contribution in [3.63, 3.8) is 0 Å². The van der Waals surface area contributed by atoms with Crippen molar-refractivity contribution in [2.75, 3.05) is 0 Å². The molecule has 1 amide bonds. The van der Waals surface area contributed by atoms with E-state index in [0.717, 1.165) is 5.56 Å². The number of hydrogen-bond acceptors (Lipinski definition) is 2. The molecule has 0 atom stereocenters. The summed E-state index contributed by atoms with van der Waals surface area (Å²) in [6.45, 7) is 3.92. The van der Waals surface area contributed by atoms with E-state index in [1.165, 1.54) is 0 Å². The fourth-order valence-corrected chi connectivity index (χ4v) is 2.02. The molecule has 0 aromatic heterocycles. The second-order valence-corrected chi connectivity index (χ2v) is 5.08. The molecule has 0 aliphatic carbocycles. The third kappa shape index (κ3) is 5.47. The van der Waals surface area contributed by atoms with E-state index in [1.54, 1.807) is 0 Å². The monoisotopic (exact) mass is 284 g/mol. The number of thiocarbonyl (C=S) groups is 1. The fraction of sp³-hybridized carbons (Fsp3) is 0.385. The van der Waals surface area contributed by atoms with Crippen LogP contribution in [0, 0.1) is 0 Å². The molecule has 18 heavy (non-hydrogen) atoms. The summed E-state index contributed by atoms with van der Waals surface area (Å²) in [4.78, 5) is 11.6. The number of rotatable bonds is 4. The van der Waals surface area contributed by atoms with E-state index in [4.69, 9.17) is 23.8 Å². The van der Waals surface area contributed by atoms with Gasteiger partial charge in [-0.15, -0.1) is 0 Å². The number of nitrogens with one attached hydrogen (secondary N) is 2. The Labute approximate surface area is 118 Å². The third-order valence-electron chi connectivity index (χ3n) is 2.25. The average molecular weight is 285 g/mol. The Kier molecular flexibility index (Phi) is 6.09. The van der Waals surface area contributed by atoms with Gasteiger partial charge in [-0.25, -0.2) is 0 Å². The van der Waals surface area contributed by atoms with Gasteiger partial charge in [-0.2, -0.15) is 0 Å². The molecule has 1 rings (SSSR count). The summed E-state index contributed by atoms with van der Waals surface area (Å²) in [5, 5.41) is 6.65. The molecule has 0 aliphatic heterocycles. The Morgan fingerprint density at radius 2 is 2.06 bits per heavy atom. The first-order valence-corrected chi connectivity index (χ1v) is 6.61. The van der Waals surface area contributed by atoms with Crippen molar-refractivity contribution >= 4 is 34.8 Å². The molecule has 0 aliphatic rings. The van der Waals surface area contributed by atoms with Crippen molar-refractivity contribution in [1.29, 1.82) is 0 Å². The third-order valence-corrected chi connectivity index (χ3v) is 2.84. The lowest BCUT2D eigenvalue weighted by atomic mass is 10.1. The van der Waals surface area contributed by atoms with Gasteiger partial charge in [-0.3, -0.25) is 4.79 Å². The predicted octanol–water partition coefficient (Wildman–Crippen LogP) is 2.67. The standard InChI is InChI=1S/C13H17ClN2OS/c1-9(2)15-13(18)16-12(17)8-7-10-5-3-4-6-11(10)14/h3-6,9H,7-8H2,1-2H3,(H2,15,16,17,18). The summed E-state index contributed by atoms with van der Waals surface area (Å²) in [6.07, 6.45) is 0.972. The zero-order valence-electron chi connectivity index (χ0n) is 10.5. The van der Waals surface area contributed by atoms with Crippen LogP contribution in [0.3, 0.4) is 0 Å². The van der Waals surface area contributed by atoms with Gasteiger partial charge in [0.15, 0.2) is 5.11 Å². The van der Waals surface area contributed by atoms with Crippen LogP contribution >= 0.6 is 23.8 Å². The number of halogens is 1. The molecule has 0 saturated carbocycles. The fourth-order valence-electron chi connectivity index (χ4n) is 1.44. The zero-order valence-corrected chi connectivity index (χ0v) is 12.1. The van der Waals surface area contributed by atoms with Gasteiger partial charge in [0.1, 0.15) is 0 Å². The van der Waals surface area contributed by atoms with E-state index in [0.29, 0.717) is 23.0 Å². The maximum Gasteiger partial charge on any atom is 0.226 e. The topological polar surface area (TPSA) is 41.1 Å². The van der Waals surface area contributed by atoms with Crippen molar-refractivity contribution in [3.05, 3.63) is 34.9 Å². The van der Waals surface area contributed by atoms with Gasteiger partial charge in [-0.05, 0) is 44.1 Å². The van der Waals surface area contributed by atoms with Crippen LogP contribution in [0.2, 0.25) is 5.02 Å². The highest BCUT2D eigenvalue weighted by molar-refractivity contribution is 7.80. The number of carbonyl (C=O) groups excluding carboxylic acids is 1. The maximum absolute atomic E-state index is 11.6. The predicted molar refractivity (Wildman–Crippen MR) is 78.8 cm³/mol. The van der Waals surface area contributed by atoms with Crippen molar-refractivity contribution in [3.8, 4) is 0 Å². The van der Waals surface area contributed by atoms with Crippen LogP contribution in [0.4, 0.5) is 0 Å². The molecule has 0 fully saturated rings. The highest BCUT2D eigenvalue weighted by Gasteiger charge is 2.07. The molecule has 98 valence electrons. The average Bonchev–Trinajstić information content (AvgIpc) is 2.26. The second-order valence-electron chi connectivity index (χ2n) is 4.27. The van der Waals surface area contributed by atoms with Crippen molar-refractivity contribution in [1.82, 2.24) is 10.6 Å². The summed E-state index contributed by atoms with van der Waals surface area (Å²) in [5.74, 6) is -0.104. The minimum absolute atomic E-state index is 0.104. The quantitative estimate of drug-likeness (QED) is 0.835. The molecule has 1 aromatic rings. The van der Waals surface area contributed by atoms with Gasteiger partial charge in [0, 0.05) is 17.5 Å². The molecule has 0 spiro atoms. The Bertz CT molecular complexity index is 435. The van der Waals surface area contributed by atoms with E-state index in [-0.39, 0.29) is 11.9 Å². The summed E-state index contributed by atoms with van der Waals surface area (Å²) < 4.78 is 0. The Morgan fingerprint density at radius 1 is 1.39 bits per heavy atom. The van der Waals surface area contributed by atoms with Crippen LogP contribution in [0.5, 0.6) is 0 Å². The van der Waals surface area contributed by atoms with E-state index >= 15 is 0 Å². The lowest BCUT2D eigenvalue weighted by molar-refractivity contribution is -0.119. The Hall–Kier alpha value is -1.13. The molecule has 3 nitrogen and oxygen atoms in total. The van der Waals surface area contributed by atoms with Crippen LogP contribution in [-0.4, -0.2) is 17.1 Å². The number of benzene rings is 1. The molecular formula is C13H17ClN2OS.